The van der Waals surface area contributed by atoms with Crippen LogP contribution in [0.3, 0.4) is 0 Å². The Hall–Kier alpha value is -4.21. The van der Waals surface area contributed by atoms with Gasteiger partial charge >= 0.3 is 12.3 Å². The molecule has 2 N–H and O–H groups in total. The lowest BCUT2D eigenvalue weighted by atomic mass is 9.94. The molecular formula is C25H22F2N2O6. The van der Waals surface area contributed by atoms with Crippen LogP contribution in [0, 0.1) is 0 Å². The molecule has 1 amide bonds. The lowest BCUT2D eigenvalue weighted by Gasteiger charge is -2.17. The van der Waals surface area contributed by atoms with E-state index in [9.17, 15) is 23.5 Å². The summed E-state index contributed by atoms with van der Waals surface area (Å²) in [4.78, 5) is 29.0. The van der Waals surface area contributed by atoms with Gasteiger partial charge in [-0.2, -0.15) is 0 Å². The third kappa shape index (κ3) is 4.59. The van der Waals surface area contributed by atoms with Crippen molar-refractivity contribution in [2.24, 2.45) is 4.99 Å². The summed E-state index contributed by atoms with van der Waals surface area (Å²) < 4.78 is 40.9. The first-order valence-electron chi connectivity index (χ1n) is 10.6. The molecule has 4 rings (SSSR count). The van der Waals surface area contributed by atoms with Crippen molar-refractivity contribution in [3.63, 3.8) is 0 Å². The van der Waals surface area contributed by atoms with Gasteiger partial charge in [-0.3, -0.25) is 4.79 Å². The molecule has 0 aromatic heterocycles. The van der Waals surface area contributed by atoms with E-state index in [1.165, 1.54) is 37.5 Å². The standard InChI is InChI=1S/C25H22F2N2O6/c1-4-17(14-6-8-16(22(30)31)19(12-14)33-3)28-21(5-2)29-23(32)24(10-11-24)15-7-9-18-20(13-15)35-25(26,27)34-18/h4-9,12-13H,1,10-11H2,2-3H3,(H,29,32)(H,30,31)/b21-5+,28-17+. The molecule has 8 nitrogen and oxygen atoms in total. The second-order valence-electron chi connectivity index (χ2n) is 7.96. The fourth-order valence-corrected chi connectivity index (χ4v) is 3.80. The fraction of sp³-hybridized carbons (Fsp3) is 0.240. The number of ether oxygens (including phenoxy) is 3. The number of halogens is 2. The molecule has 1 fully saturated rings. The molecule has 0 saturated heterocycles. The number of carbonyl (C=O) groups is 2. The van der Waals surface area contributed by atoms with Crippen molar-refractivity contribution in [1.29, 1.82) is 0 Å². The highest BCUT2D eigenvalue weighted by Crippen LogP contribution is 2.52. The van der Waals surface area contributed by atoms with E-state index in [1.807, 2.05) is 0 Å². The van der Waals surface area contributed by atoms with Crippen molar-refractivity contribution in [3.05, 3.63) is 77.6 Å². The zero-order valence-corrected chi connectivity index (χ0v) is 18.9. The van der Waals surface area contributed by atoms with Crippen molar-refractivity contribution in [2.75, 3.05) is 7.11 Å². The minimum atomic E-state index is -3.74. The Kier molecular flexibility index (Phi) is 6.06. The molecule has 0 bridgehead atoms. The molecule has 182 valence electrons. The van der Waals surface area contributed by atoms with Gasteiger partial charge in [0.15, 0.2) is 11.5 Å². The van der Waals surface area contributed by atoms with Crippen molar-refractivity contribution >= 4 is 17.6 Å². The lowest BCUT2D eigenvalue weighted by Crippen LogP contribution is -2.34. The first-order chi connectivity index (χ1) is 16.6. The number of hydrogen-bond acceptors (Lipinski definition) is 6. The van der Waals surface area contributed by atoms with E-state index in [0.29, 0.717) is 29.7 Å². The number of rotatable bonds is 8. The topological polar surface area (TPSA) is 106 Å². The first kappa shape index (κ1) is 23.9. The Morgan fingerprint density at radius 1 is 1.17 bits per heavy atom. The fourth-order valence-electron chi connectivity index (χ4n) is 3.80. The molecule has 1 aliphatic heterocycles. The number of amides is 1. The van der Waals surface area contributed by atoms with Crippen LogP contribution in [0.15, 0.2) is 65.9 Å². The second-order valence-corrected chi connectivity index (χ2v) is 7.96. The summed E-state index contributed by atoms with van der Waals surface area (Å²) in [7, 11) is 1.36. The number of benzene rings is 2. The van der Waals surface area contributed by atoms with Crippen LogP contribution in [0.1, 0.15) is 41.3 Å². The number of carbonyl (C=O) groups excluding carboxylic acids is 1. The van der Waals surface area contributed by atoms with Crippen LogP contribution in [0.25, 0.3) is 0 Å². The Morgan fingerprint density at radius 2 is 1.89 bits per heavy atom. The maximum Gasteiger partial charge on any atom is 0.586 e. The average Bonchev–Trinajstić information content (AvgIpc) is 3.58. The molecule has 2 aliphatic rings. The van der Waals surface area contributed by atoms with Gasteiger partial charge in [0.1, 0.15) is 17.1 Å². The summed E-state index contributed by atoms with van der Waals surface area (Å²) in [5.41, 5.74) is 0.543. The van der Waals surface area contributed by atoms with Crippen molar-refractivity contribution in [1.82, 2.24) is 5.32 Å². The molecule has 1 aliphatic carbocycles. The molecule has 2 aromatic rings. The van der Waals surface area contributed by atoms with E-state index in [0.717, 1.165) is 0 Å². The number of fused-ring (bicyclic) bond motifs is 1. The maximum atomic E-state index is 13.4. The van der Waals surface area contributed by atoms with Crippen LogP contribution < -0.4 is 19.5 Å². The Labute approximate surface area is 199 Å². The zero-order chi connectivity index (χ0) is 25.4. The third-order valence-electron chi connectivity index (χ3n) is 5.82. The number of aliphatic imine (C=N–C) groups is 1. The minimum absolute atomic E-state index is 0.00335. The number of allylic oxidation sites excluding steroid dienone is 2. The maximum absolute atomic E-state index is 13.4. The van der Waals surface area contributed by atoms with Crippen LogP contribution >= 0.6 is 0 Å². The van der Waals surface area contributed by atoms with Gasteiger partial charge in [-0.15, -0.1) is 8.78 Å². The molecule has 0 atom stereocenters. The van der Waals surface area contributed by atoms with Crippen molar-refractivity contribution in [3.8, 4) is 17.2 Å². The van der Waals surface area contributed by atoms with E-state index in [1.54, 1.807) is 25.1 Å². The smallest absolute Gasteiger partial charge is 0.496 e. The first-order valence-corrected chi connectivity index (χ1v) is 10.6. The monoisotopic (exact) mass is 484 g/mol. The van der Waals surface area contributed by atoms with E-state index in [4.69, 9.17) is 4.74 Å². The highest BCUT2D eigenvalue weighted by molar-refractivity contribution is 6.10. The van der Waals surface area contributed by atoms with Gasteiger partial charge in [0.05, 0.1) is 18.2 Å². The van der Waals surface area contributed by atoms with Crippen LogP contribution in [0.4, 0.5) is 8.78 Å². The molecule has 1 saturated carbocycles. The Balaban J connectivity index is 1.56. The number of alkyl halides is 2. The number of nitrogens with one attached hydrogen (secondary N) is 1. The largest absolute Gasteiger partial charge is 0.586 e. The summed E-state index contributed by atoms with van der Waals surface area (Å²) in [5, 5.41) is 12.1. The molecule has 2 aromatic carbocycles. The number of carboxylic acids is 1. The number of carboxylic acid groups (broad SMARTS) is 1. The molecule has 0 radical (unpaired) electrons. The van der Waals surface area contributed by atoms with Gasteiger partial charge in [0, 0.05) is 5.56 Å². The SMILES string of the molecule is C=C/C(=N\C(=C/C)NC(=O)C1(c2ccc3c(c2)OC(F)(F)O3)CC1)c1ccc(C(=O)O)c(OC)c1. The highest BCUT2D eigenvalue weighted by Gasteiger charge is 2.53. The summed E-state index contributed by atoms with van der Waals surface area (Å²) in [5.74, 6) is -1.29. The predicted octanol–water partition coefficient (Wildman–Crippen LogP) is 4.40. The third-order valence-corrected chi connectivity index (χ3v) is 5.82. The molecule has 1 heterocycles. The van der Waals surface area contributed by atoms with Crippen molar-refractivity contribution in [2.45, 2.75) is 31.5 Å². The van der Waals surface area contributed by atoms with Crippen LogP contribution in [0.2, 0.25) is 0 Å². The molecule has 35 heavy (non-hydrogen) atoms. The number of methoxy groups -OCH3 is 1. The van der Waals surface area contributed by atoms with Gasteiger partial charge in [0.2, 0.25) is 5.91 Å². The van der Waals surface area contributed by atoms with E-state index < -0.39 is 17.7 Å². The zero-order valence-electron chi connectivity index (χ0n) is 18.9. The van der Waals surface area contributed by atoms with Gasteiger partial charge in [-0.25, -0.2) is 9.79 Å². The second kappa shape index (κ2) is 8.86. The minimum Gasteiger partial charge on any atom is -0.496 e. The van der Waals surface area contributed by atoms with E-state index >= 15 is 0 Å². The molecule has 0 spiro atoms. The molecule has 0 unspecified atom stereocenters. The van der Waals surface area contributed by atoms with Gasteiger partial charge in [-0.1, -0.05) is 18.7 Å². The van der Waals surface area contributed by atoms with Gasteiger partial charge in [-0.05, 0) is 61.7 Å². The molecular weight excluding hydrogens is 462 g/mol. The average molecular weight is 484 g/mol. The van der Waals surface area contributed by atoms with Crippen LogP contribution in [0.5, 0.6) is 17.2 Å². The van der Waals surface area contributed by atoms with Gasteiger partial charge in [0.25, 0.3) is 0 Å². The summed E-state index contributed by atoms with van der Waals surface area (Å²) >= 11 is 0. The van der Waals surface area contributed by atoms with E-state index in [2.05, 4.69) is 26.4 Å². The summed E-state index contributed by atoms with van der Waals surface area (Å²) in [6.45, 7) is 5.45. The summed E-state index contributed by atoms with van der Waals surface area (Å²) in [6, 6.07) is 8.80. The number of hydrogen-bond donors (Lipinski definition) is 2. The van der Waals surface area contributed by atoms with Gasteiger partial charge < -0.3 is 24.6 Å². The molecule has 10 heteroatoms. The van der Waals surface area contributed by atoms with Crippen LogP contribution in [-0.2, 0) is 10.2 Å². The highest BCUT2D eigenvalue weighted by atomic mass is 19.3. The normalized spacial score (nSPS) is 17.5. The van der Waals surface area contributed by atoms with Crippen LogP contribution in [-0.4, -0.2) is 36.1 Å². The number of aromatic carboxylic acids is 1. The van der Waals surface area contributed by atoms with Crippen molar-refractivity contribution < 1.29 is 37.7 Å². The lowest BCUT2D eigenvalue weighted by molar-refractivity contribution is -0.286. The summed E-state index contributed by atoms with van der Waals surface area (Å²) in [6.07, 6.45) is 0.380. The Bertz CT molecular complexity index is 1280. The predicted molar refractivity (Wildman–Crippen MR) is 122 cm³/mol. The Morgan fingerprint density at radius 3 is 2.49 bits per heavy atom. The van der Waals surface area contributed by atoms with E-state index in [-0.39, 0.29) is 34.5 Å². The quantitative estimate of drug-likeness (QED) is 0.538. The number of nitrogens with zero attached hydrogens (tertiary/aromatic N) is 1.